The minimum absolute atomic E-state index is 0.0811. The molecule has 0 aromatic heterocycles. The van der Waals surface area contributed by atoms with Crippen molar-refractivity contribution in [2.24, 2.45) is 0 Å². The highest BCUT2D eigenvalue weighted by Gasteiger charge is 2.20. The van der Waals surface area contributed by atoms with Crippen LogP contribution in [-0.4, -0.2) is 56.7 Å². The fourth-order valence-electron chi connectivity index (χ4n) is 2.73. The number of likely N-dealkylation sites (tertiary alicyclic amines) is 1. The van der Waals surface area contributed by atoms with Gasteiger partial charge in [0.25, 0.3) is 0 Å². The van der Waals surface area contributed by atoms with Crippen LogP contribution in [-0.2, 0) is 16.1 Å². The summed E-state index contributed by atoms with van der Waals surface area (Å²) in [6, 6.07) is 10.9. The van der Waals surface area contributed by atoms with Gasteiger partial charge in [-0.05, 0) is 18.4 Å². The SMILES string of the molecule is COCCNCC(=O)NC1CCN(Cc2ccccc2)CC1. The normalized spacial score (nSPS) is 16.6. The molecule has 122 valence electrons. The molecule has 2 N–H and O–H groups in total. The van der Waals surface area contributed by atoms with E-state index in [0.717, 1.165) is 32.5 Å². The number of nitrogens with zero attached hydrogens (tertiary/aromatic N) is 1. The molecule has 1 aliphatic heterocycles. The van der Waals surface area contributed by atoms with Crippen LogP contribution < -0.4 is 10.6 Å². The Labute approximate surface area is 133 Å². The van der Waals surface area contributed by atoms with Crippen molar-refractivity contribution in [3.63, 3.8) is 0 Å². The minimum atomic E-state index is 0.0811. The number of hydrogen-bond donors (Lipinski definition) is 2. The standard InChI is InChI=1S/C17H27N3O2/c1-22-12-9-18-13-17(21)19-16-7-10-20(11-8-16)14-15-5-3-2-4-6-15/h2-6,16,18H,7-14H2,1H3,(H,19,21). The molecule has 1 amide bonds. The molecule has 0 saturated carbocycles. The highest BCUT2D eigenvalue weighted by atomic mass is 16.5. The molecule has 0 atom stereocenters. The third kappa shape index (κ3) is 6.13. The summed E-state index contributed by atoms with van der Waals surface area (Å²) in [5.74, 6) is 0.0811. The lowest BCUT2D eigenvalue weighted by Crippen LogP contribution is -2.46. The first-order chi connectivity index (χ1) is 10.8. The molecule has 1 fully saturated rings. The van der Waals surface area contributed by atoms with Gasteiger partial charge in [0.1, 0.15) is 0 Å². The van der Waals surface area contributed by atoms with Crippen molar-refractivity contribution >= 4 is 5.91 Å². The molecule has 1 saturated heterocycles. The topological polar surface area (TPSA) is 53.6 Å². The van der Waals surface area contributed by atoms with Crippen molar-refractivity contribution in [2.75, 3.05) is 39.9 Å². The van der Waals surface area contributed by atoms with Gasteiger partial charge in [0.05, 0.1) is 13.2 Å². The number of rotatable bonds is 8. The van der Waals surface area contributed by atoms with E-state index < -0.39 is 0 Å². The van der Waals surface area contributed by atoms with Crippen molar-refractivity contribution in [1.29, 1.82) is 0 Å². The number of nitrogens with one attached hydrogen (secondary N) is 2. The van der Waals surface area contributed by atoms with Crippen molar-refractivity contribution in [1.82, 2.24) is 15.5 Å². The van der Waals surface area contributed by atoms with Crippen LogP contribution >= 0.6 is 0 Å². The van der Waals surface area contributed by atoms with Gasteiger partial charge < -0.3 is 15.4 Å². The largest absolute Gasteiger partial charge is 0.383 e. The average molecular weight is 305 g/mol. The number of carbonyl (C=O) groups is 1. The Hall–Kier alpha value is -1.43. The van der Waals surface area contributed by atoms with E-state index in [0.29, 0.717) is 25.7 Å². The van der Waals surface area contributed by atoms with Crippen molar-refractivity contribution < 1.29 is 9.53 Å². The Morgan fingerprint density at radius 3 is 2.68 bits per heavy atom. The summed E-state index contributed by atoms with van der Waals surface area (Å²) in [4.78, 5) is 14.3. The molecule has 5 heteroatoms. The molecule has 0 spiro atoms. The summed E-state index contributed by atoms with van der Waals surface area (Å²) >= 11 is 0. The first-order valence-corrected chi connectivity index (χ1v) is 8.03. The van der Waals surface area contributed by atoms with E-state index in [1.165, 1.54) is 5.56 Å². The van der Waals surface area contributed by atoms with Gasteiger partial charge in [-0.25, -0.2) is 0 Å². The smallest absolute Gasteiger partial charge is 0.234 e. The van der Waals surface area contributed by atoms with Gasteiger partial charge in [-0.1, -0.05) is 30.3 Å². The predicted molar refractivity (Wildman–Crippen MR) is 87.6 cm³/mol. The van der Waals surface area contributed by atoms with Crippen molar-refractivity contribution in [3.8, 4) is 0 Å². The van der Waals surface area contributed by atoms with E-state index in [1.807, 2.05) is 6.07 Å². The van der Waals surface area contributed by atoms with Gasteiger partial charge in [-0.2, -0.15) is 0 Å². The molecule has 1 aliphatic rings. The molecule has 1 heterocycles. The van der Waals surface area contributed by atoms with Crippen LogP contribution in [0.3, 0.4) is 0 Å². The molecule has 1 aromatic rings. The maximum Gasteiger partial charge on any atom is 0.234 e. The third-order valence-corrected chi connectivity index (χ3v) is 3.97. The quantitative estimate of drug-likeness (QED) is 0.704. The number of hydrogen-bond acceptors (Lipinski definition) is 4. The summed E-state index contributed by atoms with van der Waals surface area (Å²) in [7, 11) is 1.66. The van der Waals surface area contributed by atoms with Crippen molar-refractivity contribution in [2.45, 2.75) is 25.4 Å². The molecular formula is C17H27N3O2. The Balaban J connectivity index is 1.61. The Morgan fingerprint density at radius 1 is 1.27 bits per heavy atom. The summed E-state index contributed by atoms with van der Waals surface area (Å²) < 4.78 is 4.93. The van der Waals surface area contributed by atoms with Crippen LogP contribution in [0.4, 0.5) is 0 Å². The number of carbonyl (C=O) groups excluding carboxylic acids is 1. The lowest BCUT2D eigenvalue weighted by molar-refractivity contribution is -0.121. The van der Waals surface area contributed by atoms with E-state index in [-0.39, 0.29) is 5.91 Å². The van der Waals surface area contributed by atoms with Crippen LogP contribution in [0.2, 0.25) is 0 Å². The highest BCUT2D eigenvalue weighted by molar-refractivity contribution is 5.78. The van der Waals surface area contributed by atoms with Crippen molar-refractivity contribution in [3.05, 3.63) is 35.9 Å². The van der Waals surface area contributed by atoms with Crippen LogP contribution in [0.25, 0.3) is 0 Å². The van der Waals surface area contributed by atoms with Gasteiger partial charge in [0.15, 0.2) is 0 Å². The number of methoxy groups -OCH3 is 1. The van der Waals surface area contributed by atoms with E-state index in [2.05, 4.69) is 39.8 Å². The van der Waals surface area contributed by atoms with E-state index in [4.69, 9.17) is 4.74 Å². The molecule has 2 rings (SSSR count). The van der Waals surface area contributed by atoms with Gasteiger partial charge in [0, 0.05) is 39.3 Å². The van der Waals surface area contributed by atoms with Crippen LogP contribution in [0, 0.1) is 0 Å². The second-order valence-corrected chi connectivity index (χ2v) is 5.77. The first-order valence-electron chi connectivity index (χ1n) is 8.03. The summed E-state index contributed by atoms with van der Waals surface area (Å²) in [5, 5.41) is 6.18. The van der Waals surface area contributed by atoms with Gasteiger partial charge in [-0.15, -0.1) is 0 Å². The molecule has 22 heavy (non-hydrogen) atoms. The molecule has 0 aliphatic carbocycles. The lowest BCUT2D eigenvalue weighted by atomic mass is 10.0. The monoisotopic (exact) mass is 305 g/mol. The van der Waals surface area contributed by atoms with Crippen LogP contribution in [0.1, 0.15) is 18.4 Å². The van der Waals surface area contributed by atoms with Crippen LogP contribution in [0.5, 0.6) is 0 Å². The van der Waals surface area contributed by atoms with E-state index in [9.17, 15) is 4.79 Å². The molecule has 5 nitrogen and oxygen atoms in total. The molecule has 0 unspecified atom stereocenters. The molecule has 0 radical (unpaired) electrons. The molecular weight excluding hydrogens is 278 g/mol. The number of benzene rings is 1. The third-order valence-electron chi connectivity index (χ3n) is 3.97. The summed E-state index contributed by atoms with van der Waals surface area (Å²) in [6.07, 6.45) is 2.05. The molecule has 1 aromatic carbocycles. The number of piperidine rings is 1. The average Bonchev–Trinajstić information content (AvgIpc) is 2.54. The number of ether oxygens (including phenoxy) is 1. The zero-order valence-electron chi connectivity index (χ0n) is 13.4. The molecule has 0 bridgehead atoms. The lowest BCUT2D eigenvalue weighted by Gasteiger charge is -2.32. The maximum atomic E-state index is 11.8. The maximum absolute atomic E-state index is 11.8. The van der Waals surface area contributed by atoms with E-state index in [1.54, 1.807) is 7.11 Å². The zero-order valence-corrected chi connectivity index (χ0v) is 13.4. The van der Waals surface area contributed by atoms with Gasteiger partial charge >= 0.3 is 0 Å². The van der Waals surface area contributed by atoms with Gasteiger partial charge in [-0.3, -0.25) is 9.69 Å². The fourth-order valence-corrected chi connectivity index (χ4v) is 2.73. The Morgan fingerprint density at radius 2 is 2.00 bits per heavy atom. The highest BCUT2D eigenvalue weighted by Crippen LogP contribution is 2.13. The second kappa shape index (κ2) is 9.56. The first kappa shape index (κ1) is 16.9. The Kier molecular flexibility index (Phi) is 7.36. The summed E-state index contributed by atoms with van der Waals surface area (Å²) in [6.45, 7) is 4.78. The second-order valence-electron chi connectivity index (χ2n) is 5.77. The van der Waals surface area contributed by atoms with E-state index >= 15 is 0 Å². The predicted octanol–water partition coefficient (Wildman–Crippen LogP) is 1.00. The fraction of sp³-hybridized carbons (Fsp3) is 0.588. The summed E-state index contributed by atoms with van der Waals surface area (Å²) in [5.41, 5.74) is 1.35. The van der Waals surface area contributed by atoms with Crippen LogP contribution in [0.15, 0.2) is 30.3 Å². The minimum Gasteiger partial charge on any atom is -0.383 e. The zero-order chi connectivity index (χ0) is 15.6. The Bertz CT molecular complexity index is 431. The van der Waals surface area contributed by atoms with Gasteiger partial charge in [0.2, 0.25) is 5.91 Å². The number of amides is 1.